The van der Waals surface area contributed by atoms with E-state index in [1.54, 1.807) is 0 Å². The van der Waals surface area contributed by atoms with Crippen molar-refractivity contribution in [3.63, 3.8) is 0 Å². The zero-order valence-electron chi connectivity index (χ0n) is 9.96. The van der Waals surface area contributed by atoms with E-state index in [9.17, 15) is 21.6 Å². The van der Waals surface area contributed by atoms with E-state index >= 15 is 0 Å². The number of sulfonamides is 1. The minimum absolute atomic E-state index is 0.208. The third kappa shape index (κ3) is 6.81. The van der Waals surface area contributed by atoms with Crippen LogP contribution < -0.4 is 10.0 Å². The Balaban J connectivity index is 2.20. The highest BCUT2D eigenvalue weighted by Gasteiger charge is 2.28. The molecule has 0 heterocycles. The van der Waals surface area contributed by atoms with E-state index in [1.807, 2.05) is 0 Å². The van der Waals surface area contributed by atoms with Gasteiger partial charge in [-0.3, -0.25) is 0 Å². The summed E-state index contributed by atoms with van der Waals surface area (Å²) in [6, 6.07) is 0.406. The third-order valence-electron chi connectivity index (χ3n) is 2.47. The molecule has 0 aromatic rings. The second-order valence-corrected chi connectivity index (χ2v) is 7.57. The normalized spacial score (nSPS) is 18.9. The molecule has 1 rings (SSSR count). The van der Waals surface area contributed by atoms with Crippen molar-refractivity contribution in [3.05, 3.63) is 0 Å². The second-order valence-electron chi connectivity index (χ2n) is 4.23. The van der Waals surface area contributed by atoms with Gasteiger partial charge in [0.05, 0.1) is 5.25 Å². The minimum Gasteiger partial charge on any atom is -0.313 e. The Morgan fingerprint density at radius 1 is 1.39 bits per heavy atom. The van der Waals surface area contributed by atoms with E-state index in [-0.39, 0.29) is 24.1 Å². The second kappa shape index (κ2) is 6.44. The molecule has 1 fully saturated rings. The first kappa shape index (κ1) is 16.1. The maximum Gasteiger partial charge on any atom is 0.441 e. The van der Waals surface area contributed by atoms with E-state index in [0.717, 1.165) is 12.8 Å². The van der Waals surface area contributed by atoms with Crippen LogP contribution in [0.15, 0.2) is 0 Å². The lowest BCUT2D eigenvalue weighted by Gasteiger charge is -2.14. The molecular weight excluding hydrogens is 289 g/mol. The molecule has 4 nitrogen and oxygen atoms in total. The van der Waals surface area contributed by atoms with Crippen molar-refractivity contribution < 1.29 is 21.6 Å². The molecule has 1 atom stereocenters. The van der Waals surface area contributed by atoms with Crippen molar-refractivity contribution in [1.82, 2.24) is 10.0 Å². The van der Waals surface area contributed by atoms with E-state index in [2.05, 4.69) is 10.0 Å². The number of halogens is 3. The van der Waals surface area contributed by atoms with Gasteiger partial charge >= 0.3 is 5.51 Å². The molecule has 108 valence electrons. The molecule has 0 aromatic carbocycles. The molecule has 0 amide bonds. The number of rotatable bonds is 8. The molecule has 0 radical (unpaired) electrons. The lowest BCUT2D eigenvalue weighted by molar-refractivity contribution is -0.0327. The molecular formula is C9H17F3N2O2S2. The average molecular weight is 306 g/mol. The van der Waals surface area contributed by atoms with Gasteiger partial charge in [-0.1, -0.05) is 0 Å². The monoisotopic (exact) mass is 306 g/mol. The highest BCUT2D eigenvalue weighted by molar-refractivity contribution is 8.00. The van der Waals surface area contributed by atoms with Crippen molar-refractivity contribution in [2.24, 2.45) is 0 Å². The van der Waals surface area contributed by atoms with Gasteiger partial charge < -0.3 is 5.32 Å². The SMILES string of the molecule is CC(CNC1CC1)S(=O)(=O)NCCSC(F)(F)F. The van der Waals surface area contributed by atoms with Crippen LogP contribution in [-0.2, 0) is 10.0 Å². The van der Waals surface area contributed by atoms with Crippen LogP contribution in [0.5, 0.6) is 0 Å². The molecule has 0 spiro atoms. The Hall–Kier alpha value is 0.01000. The molecule has 0 aliphatic heterocycles. The van der Waals surface area contributed by atoms with Gasteiger partial charge in [0.25, 0.3) is 0 Å². The van der Waals surface area contributed by atoms with E-state index in [4.69, 9.17) is 0 Å². The van der Waals surface area contributed by atoms with Crippen LogP contribution >= 0.6 is 11.8 Å². The Morgan fingerprint density at radius 3 is 2.50 bits per heavy atom. The van der Waals surface area contributed by atoms with Crippen molar-refractivity contribution in [2.45, 2.75) is 36.6 Å². The van der Waals surface area contributed by atoms with Gasteiger partial charge in [0, 0.05) is 24.9 Å². The Kier molecular flexibility index (Phi) is 5.75. The largest absolute Gasteiger partial charge is 0.441 e. The highest BCUT2D eigenvalue weighted by Crippen LogP contribution is 2.29. The molecule has 0 bridgehead atoms. The smallest absolute Gasteiger partial charge is 0.313 e. The van der Waals surface area contributed by atoms with Crippen LogP contribution in [-0.4, -0.2) is 44.1 Å². The van der Waals surface area contributed by atoms with Gasteiger partial charge in [-0.15, -0.1) is 0 Å². The van der Waals surface area contributed by atoms with Gasteiger partial charge in [0.15, 0.2) is 0 Å². The van der Waals surface area contributed by atoms with Gasteiger partial charge in [-0.2, -0.15) is 13.2 Å². The molecule has 0 saturated heterocycles. The Labute approximate surface area is 109 Å². The quantitative estimate of drug-likeness (QED) is 0.664. The molecule has 2 N–H and O–H groups in total. The van der Waals surface area contributed by atoms with Crippen LogP contribution in [0.1, 0.15) is 19.8 Å². The van der Waals surface area contributed by atoms with Gasteiger partial charge in [0.2, 0.25) is 10.0 Å². The highest BCUT2D eigenvalue weighted by atomic mass is 32.2. The molecule has 1 aliphatic rings. The molecule has 9 heteroatoms. The van der Waals surface area contributed by atoms with Crippen LogP contribution in [0, 0.1) is 0 Å². The topological polar surface area (TPSA) is 58.2 Å². The summed E-state index contributed by atoms with van der Waals surface area (Å²) >= 11 is -0.228. The summed E-state index contributed by atoms with van der Waals surface area (Å²) < 4.78 is 61.0. The lowest BCUT2D eigenvalue weighted by atomic mass is 10.4. The van der Waals surface area contributed by atoms with Gasteiger partial charge in [-0.25, -0.2) is 13.1 Å². The van der Waals surface area contributed by atoms with Crippen LogP contribution in [0.4, 0.5) is 13.2 Å². The fourth-order valence-corrected chi connectivity index (χ4v) is 2.77. The maximum absolute atomic E-state index is 11.8. The third-order valence-corrected chi connectivity index (χ3v) is 5.04. The summed E-state index contributed by atoms with van der Waals surface area (Å²) in [6.45, 7) is 1.65. The van der Waals surface area contributed by atoms with Crippen LogP contribution in [0.2, 0.25) is 0 Å². The first-order valence-corrected chi connectivity index (χ1v) is 8.16. The van der Waals surface area contributed by atoms with Crippen molar-refractivity contribution in [2.75, 3.05) is 18.8 Å². The van der Waals surface area contributed by atoms with E-state index in [1.165, 1.54) is 6.92 Å². The van der Waals surface area contributed by atoms with E-state index < -0.39 is 20.8 Å². The Morgan fingerprint density at radius 2 is 2.00 bits per heavy atom. The lowest BCUT2D eigenvalue weighted by Crippen LogP contribution is -2.40. The first-order chi connectivity index (χ1) is 8.21. The first-order valence-electron chi connectivity index (χ1n) is 5.63. The summed E-state index contributed by atoms with van der Waals surface area (Å²) in [5.41, 5.74) is -4.31. The average Bonchev–Trinajstić information content (AvgIpc) is 3.03. The number of thioether (sulfide) groups is 1. The fraction of sp³-hybridized carbons (Fsp3) is 1.00. The maximum atomic E-state index is 11.8. The molecule has 0 aromatic heterocycles. The predicted octanol–water partition coefficient (Wildman–Crippen LogP) is 1.30. The van der Waals surface area contributed by atoms with Gasteiger partial charge in [0.1, 0.15) is 0 Å². The summed E-state index contributed by atoms with van der Waals surface area (Å²) in [7, 11) is -3.54. The molecule has 1 saturated carbocycles. The van der Waals surface area contributed by atoms with Gasteiger partial charge in [-0.05, 0) is 31.5 Å². The van der Waals surface area contributed by atoms with Crippen molar-refractivity contribution in [3.8, 4) is 0 Å². The van der Waals surface area contributed by atoms with Crippen LogP contribution in [0.25, 0.3) is 0 Å². The molecule has 1 aliphatic carbocycles. The fourth-order valence-electron chi connectivity index (χ4n) is 1.22. The van der Waals surface area contributed by atoms with Crippen molar-refractivity contribution in [1.29, 1.82) is 0 Å². The number of nitrogens with one attached hydrogen (secondary N) is 2. The molecule has 18 heavy (non-hydrogen) atoms. The van der Waals surface area contributed by atoms with Crippen LogP contribution in [0.3, 0.4) is 0 Å². The number of hydrogen-bond donors (Lipinski definition) is 2. The van der Waals surface area contributed by atoms with Crippen molar-refractivity contribution >= 4 is 21.8 Å². The molecule has 1 unspecified atom stereocenters. The predicted molar refractivity (Wildman–Crippen MR) is 65.9 cm³/mol. The summed E-state index contributed by atoms with van der Waals surface area (Å²) in [4.78, 5) is 0. The number of hydrogen-bond acceptors (Lipinski definition) is 4. The number of alkyl halides is 3. The minimum atomic E-state index is -4.31. The Bertz CT molecular complexity index is 355. The zero-order valence-corrected chi connectivity index (χ0v) is 11.6. The summed E-state index contributed by atoms with van der Waals surface area (Å²) in [5, 5.41) is 2.43. The van der Waals surface area contributed by atoms with E-state index in [0.29, 0.717) is 12.6 Å². The zero-order chi connectivity index (χ0) is 13.8. The standard InChI is InChI=1S/C9H17F3N2O2S2/c1-7(6-13-8-2-3-8)18(15,16)14-4-5-17-9(10,11)12/h7-8,13-14H,2-6H2,1H3. The summed E-state index contributed by atoms with van der Waals surface area (Å²) in [6.07, 6.45) is 2.12. The summed E-state index contributed by atoms with van der Waals surface area (Å²) in [5.74, 6) is -0.314.